The predicted molar refractivity (Wildman–Crippen MR) is 168 cm³/mol. The van der Waals surface area contributed by atoms with Gasteiger partial charge in [0.15, 0.2) is 0 Å². The van der Waals surface area contributed by atoms with Crippen LogP contribution in [0.2, 0.25) is 0 Å². The number of carbonyl (C=O) groups excluding carboxylic acids is 3. The molecule has 0 saturated carbocycles. The molecule has 44 heavy (non-hydrogen) atoms. The summed E-state index contributed by atoms with van der Waals surface area (Å²) >= 11 is 0. The molecule has 3 aromatic rings. The standard InChI is InChI=1S/C36H38N2O6/c1-4-19-37(27-16-15-25-13-9-10-14-26(25)22-27)33(41)31-36-18-17-35(3,44-36)30(34(42)43-20-5-2)29(36)32(40)38(31)28(23-39)21-24-11-7-6-8-12-24/h4-16,22,28-31,39H,1-2,17-21,23H2,3H3/t28-,29+,30+,31?,35-,36?/m1/s1. The van der Waals surface area contributed by atoms with Gasteiger partial charge >= 0.3 is 5.97 Å². The average Bonchev–Trinajstić information content (AvgIpc) is 3.61. The molecule has 8 nitrogen and oxygen atoms in total. The Hall–Kier alpha value is -4.27. The number of nitrogens with zero attached hydrogens (tertiary/aromatic N) is 2. The van der Waals surface area contributed by atoms with Crippen molar-refractivity contribution < 1.29 is 29.0 Å². The molecule has 6 rings (SSSR count). The molecule has 3 heterocycles. The minimum Gasteiger partial charge on any atom is -0.461 e. The van der Waals surface area contributed by atoms with Crippen molar-refractivity contribution in [2.75, 3.05) is 24.7 Å². The van der Waals surface area contributed by atoms with Gasteiger partial charge in [-0.25, -0.2) is 0 Å². The molecule has 2 amide bonds. The lowest BCUT2D eigenvalue weighted by Crippen LogP contribution is -2.59. The van der Waals surface area contributed by atoms with Crippen LogP contribution < -0.4 is 4.90 Å². The SMILES string of the molecule is C=CCOC(=O)[C@@H]1[C@H]2C(=O)N([C@@H](CO)Cc3ccccc3)C(C(=O)N(CC=C)c3ccc4ccccc4c3)C23CC[C@@]1(C)O3. The molecule has 3 aliphatic heterocycles. The first kappa shape index (κ1) is 29.8. The van der Waals surface area contributed by atoms with E-state index in [1.807, 2.05) is 79.7 Å². The number of fused-ring (bicyclic) bond motifs is 2. The van der Waals surface area contributed by atoms with Crippen LogP contribution in [0.4, 0.5) is 5.69 Å². The van der Waals surface area contributed by atoms with E-state index in [1.165, 1.54) is 11.0 Å². The Balaban J connectivity index is 1.47. The summed E-state index contributed by atoms with van der Waals surface area (Å²) in [6.07, 6.45) is 4.37. The number of rotatable bonds is 11. The van der Waals surface area contributed by atoms with E-state index < -0.39 is 41.1 Å². The van der Waals surface area contributed by atoms with Crippen LogP contribution >= 0.6 is 0 Å². The topological polar surface area (TPSA) is 96.4 Å². The summed E-state index contributed by atoms with van der Waals surface area (Å²) in [5.74, 6) is -3.08. The molecule has 0 aromatic heterocycles. The second-order valence-electron chi connectivity index (χ2n) is 12.2. The summed E-state index contributed by atoms with van der Waals surface area (Å²) in [4.78, 5) is 46.2. The Bertz CT molecular complexity index is 1610. The van der Waals surface area contributed by atoms with Crippen LogP contribution in [0.1, 0.15) is 25.3 Å². The lowest BCUT2D eigenvalue weighted by atomic mass is 9.66. The van der Waals surface area contributed by atoms with Crippen LogP contribution in [-0.4, -0.2) is 70.8 Å². The Labute approximate surface area is 257 Å². The highest BCUT2D eigenvalue weighted by atomic mass is 16.6. The first-order valence-electron chi connectivity index (χ1n) is 15.1. The first-order chi connectivity index (χ1) is 21.3. The van der Waals surface area contributed by atoms with Crippen molar-refractivity contribution in [3.05, 3.63) is 104 Å². The number of amides is 2. The molecule has 2 unspecified atom stereocenters. The van der Waals surface area contributed by atoms with Gasteiger partial charge in [0.2, 0.25) is 5.91 Å². The molecule has 1 N–H and O–H groups in total. The van der Waals surface area contributed by atoms with Crippen LogP contribution in [0.3, 0.4) is 0 Å². The number of carbonyl (C=O) groups is 3. The number of aliphatic hydroxyl groups excluding tert-OH is 1. The van der Waals surface area contributed by atoms with E-state index in [0.29, 0.717) is 24.9 Å². The molecular formula is C36H38N2O6. The number of esters is 1. The van der Waals surface area contributed by atoms with E-state index >= 15 is 0 Å². The van der Waals surface area contributed by atoms with Gasteiger partial charge in [-0.1, -0.05) is 79.4 Å². The summed E-state index contributed by atoms with van der Waals surface area (Å²) < 4.78 is 12.2. The third-order valence-electron chi connectivity index (χ3n) is 9.59. The third kappa shape index (κ3) is 4.73. The minimum atomic E-state index is -1.26. The molecule has 1 spiro atoms. The van der Waals surface area contributed by atoms with Gasteiger partial charge in [0, 0.05) is 12.2 Å². The molecule has 0 aliphatic carbocycles. The Morgan fingerprint density at radius 2 is 1.80 bits per heavy atom. The maximum absolute atomic E-state index is 15.0. The summed E-state index contributed by atoms with van der Waals surface area (Å²) in [6, 6.07) is 21.4. The second-order valence-corrected chi connectivity index (χ2v) is 12.2. The maximum Gasteiger partial charge on any atom is 0.313 e. The van der Waals surface area contributed by atoms with Crippen molar-refractivity contribution in [2.24, 2.45) is 11.8 Å². The number of anilines is 1. The van der Waals surface area contributed by atoms with E-state index in [9.17, 15) is 19.5 Å². The molecule has 3 saturated heterocycles. The highest BCUT2D eigenvalue weighted by molar-refractivity contribution is 6.05. The van der Waals surface area contributed by atoms with Crippen LogP contribution in [0.25, 0.3) is 10.8 Å². The fraction of sp³-hybridized carbons (Fsp3) is 0.361. The van der Waals surface area contributed by atoms with Crippen LogP contribution in [-0.2, 0) is 30.3 Å². The molecule has 3 aliphatic rings. The van der Waals surface area contributed by atoms with Crippen LogP contribution in [0, 0.1) is 11.8 Å². The molecule has 228 valence electrons. The third-order valence-corrected chi connectivity index (χ3v) is 9.59. The Kier molecular flexibility index (Phi) is 7.90. The number of hydrogen-bond donors (Lipinski definition) is 1. The summed E-state index contributed by atoms with van der Waals surface area (Å²) in [5.41, 5.74) is -0.660. The van der Waals surface area contributed by atoms with E-state index in [-0.39, 0.29) is 31.6 Å². The van der Waals surface area contributed by atoms with Gasteiger partial charge in [-0.15, -0.1) is 6.58 Å². The van der Waals surface area contributed by atoms with Crippen molar-refractivity contribution in [1.29, 1.82) is 0 Å². The van der Waals surface area contributed by atoms with Crippen molar-refractivity contribution in [2.45, 2.75) is 49.5 Å². The van der Waals surface area contributed by atoms with Gasteiger partial charge in [-0.2, -0.15) is 0 Å². The molecular weight excluding hydrogens is 556 g/mol. The highest BCUT2D eigenvalue weighted by Crippen LogP contribution is 2.64. The summed E-state index contributed by atoms with van der Waals surface area (Å²) in [6.45, 7) is 9.22. The lowest BCUT2D eigenvalue weighted by Gasteiger charge is -2.39. The first-order valence-corrected chi connectivity index (χ1v) is 15.1. The van der Waals surface area contributed by atoms with Gasteiger partial charge in [0.1, 0.15) is 24.2 Å². The largest absolute Gasteiger partial charge is 0.461 e. The van der Waals surface area contributed by atoms with Gasteiger partial charge in [0.25, 0.3) is 5.91 Å². The van der Waals surface area contributed by atoms with Gasteiger partial charge in [-0.05, 0) is 54.7 Å². The number of hydrogen-bond acceptors (Lipinski definition) is 6. The van der Waals surface area contributed by atoms with Crippen molar-refractivity contribution in [3.8, 4) is 0 Å². The normalized spacial score (nSPS) is 27.6. The number of benzene rings is 3. The second kappa shape index (κ2) is 11.7. The maximum atomic E-state index is 15.0. The minimum absolute atomic E-state index is 0.00768. The van der Waals surface area contributed by atoms with Gasteiger partial charge < -0.3 is 24.4 Å². The zero-order valence-electron chi connectivity index (χ0n) is 24.9. The van der Waals surface area contributed by atoms with Crippen molar-refractivity contribution >= 4 is 34.2 Å². The zero-order valence-corrected chi connectivity index (χ0v) is 24.9. The van der Waals surface area contributed by atoms with E-state index in [0.717, 1.165) is 16.3 Å². The molecule has 0 radical (unpaired) electrons. The van der Waals surface area contributed by atoms with E-state index in [2.05, 4.69) is 13.2 Å². The number of aliphatic hydroxyl groups is 1. The highest BCUT2D eigenvalue weighted by Gasteiger charge is 2.79. The summed E-state index contributed by atoms with van der Waals surface area (Å²) in [5, 5.41) is 12.7. The fourth-order valence-electron chi connectivity index (χ4n) is 7.71. The van der Waals surface area contributed by atoms with E-state index in [4.69, 9.17) is 9.47 Å². The predicted octanol–water partition coefficient (Wildman–Crippen LogP) is 4.46. The summed E-state index contributed by atoms with van der Waals surface area (Å²) in [7, 11) is 0. The Morgan fingerprint density at radius 3 is 2.50 bits per heavy atom. The molecule has 8 heteroatoms. The monoisotopic (exact) mass is 594 g/mol. The smallest absolute Gasteiger partial charge is 0.313 e. The molecule has 6 atom stereocenters. The molecule has 3 aromatic carbocycles. The average molecular weight is 595 g/mol. The van der Waals surface area contributed by atoms with Crippen molar-refractivity contribution in [3.63, 3.8) is 0 Å². The quantitative estimate of drug-likeness (QED) is 0.260. The number of likely N-dealkylation sites (tertiary alicyclic amines) is 1. The van der Waals surface area contributed by atoms with Crippen LogP contribution in [0.15, 0.2) is 98.1 Å². The van der Waals surface area contributed by atoms with Crippen LogP contribution in [0.5, 0.6) is 0 Å². The molecule has 3 fully saturated rings. The van der Waals surface area contributed by atoms with Crippen molar-refractivity contribution in [1.82, 2.24) is 4.90 Å². The lowest BCUT2D eigenvalue weighted by molar-refractivity contribution is -0.159. The van der Waals surface area contributed by atoms with Gasteiger partial charge in [0.05, 0.1) is 24.2 Å². The number of ether oxygens (including phenoxy) is 2. The Morgan fingerprint density at radius 1 is 1.07 bits per heavy atom. The van der Waals surface area contributed by atoms with Gasteiger partial charge in [-0.3, -0.25) is 14.4 Å². The van der Waals surface area contributed by atoms with E-state index in [1.54, 1.807) is 11.0 Å². The zero-order chi connectivity index (χ0) is 31.1. The fourth-order valence-corrected chi connectivity index (χ4v) is 7.71. The molecule has 2 bridgehead atoms.